The number of hydrogen-bond donors (Lipinski definition) is 0. The number of aliphatic imine (C=N–C) groups is 1. The van der Waals surface area contributed by atoms with Gasteiger partial charge in [-0.1, -0.05) is 47.5 Å². The Morgan fingerprint density at radius 2 is 1.82 bits per heavy atom. The second kappa shape index (κ2) is 9.26. The first-order valence-electron chi connectivity index (χ1n) is 8.83. The van der Waals surface area contributed by atoms with Gasteiger partial charge in [0.15, 0.2) is 11.5 Å². The molecule has 0 aliphatic rings. The molecular formula is C23H21BrClNO2. The fourth-order valence-electron chi connectivity index (χ4n) is 2.67. The average Bonchev–Trinajstić information content (AvgIpc) is 2.69. The molecule has 0 aliphatic carbocycles. The van der Waals surface area contributed by atoms with Crippen molar-refractivity contribution in [1.29, 1.82) is 0 Å². The van der Waals surface area contributed by atoms with Gasteiger partial charge in [0.25, 0.3) is 0 Å². The van der Waals surface area contributed by atoms with Crippen molar-refractivity contribution in [2.75, 3.05) is 7.11 Å². The van der Waals surface area contributed by atoms with Crippen LogP contribution in [0.5, 0.6) is 11.5 Å². The van der Waals surface area contributed by atoms with Gasteiger partial charge in [0, 0.05) is 11.2 Å². The third kappa shape index (κ3) is 4.94. The van der Waals surface area contributed by atoms with Gasteiger partial charge in [0.1, 0.15) is 6.61 Å². The van der Waals surface area contributed by atoms with Crippen molar-refractivity contribution < 1.29 is 9.47 Å². The lowest BCUT2D eigenvalue weighted by atomic mass is 10.1. The molecular weight excluding hydrogens is 438 g/mol. The lowest BCUT2D eigenvalue weighted by Gasteiger charge is -2.13. The molecule has 0 fully saturated rings. The topological polar surface area (TPSA) is 30.8 Å². The predicted octanol–water partition coefficient (Wildman–Crippen LogP) is 7.06. The molecule has 3 aromatic carbocycles. The summed E-state index contributed by atoms with van der Waals surface area (Å²) in [6, 6.07) is 17.8. The maximum atomic E-state index is 6.17. The zero-order valence-corrected chi connectivity index (χ0v) is 18.3. The summed E-state index contributed by atoms with van der Waals surface area (Å²) in [5.41, 5.74) is 5.00. The highest BCUT2D eigenvalue weighted by Gasteiger charge is 2.12. The van der Waals surface area contributed by atoms with E-state index in [2.05, 4.69) is 52.1 Å². The third-order valence-electron chi connectivity index (χ3n) is 4.35. The van der Waals surface area contributed by atoms with Crippen LogP contribution in [-0.2, 0) is 6.61 Å². The van der Waals surface area contributed by atoms with Gasteiger partial charge in [-0.2, -0.15) is 0 Å². The van der Waals surface area contributed by atoms with E-state index in [1.807, 2.05) is 37.3 Å². The van der Waals surface area contributed by atoms with E-state index < -0.39 is 0 Å². The molecule has 0 aromatic heterocycles. The molecule has 0 N–H and O–H groups in total. The predicted molar refractivity (Wildman–Crippen MR) is 120 cm³/mol. The Bertz CT molecular complexity index is 1000. The Labute approximate surface area is 179 Å². The van der Waals surface area contributed by atoms with Crippen molar-refractivity contribution in [1.82, 2.24) is 0 Å². The van der Waals surface area contributed by atoms with E-state index in [0.29, 0.717) is 23.1 Å². The number of ether oxygens (including phenoxy) is 2. The van der Waals surface area contributed by atoms with Crippen LogP contribution in [0.25, 0.3) is 0 Å². The van der Waals surface area contributed by atoms with Crippen LogP contribution in [0.4, 0.5) is 5.69 Å². The molecule has 0 bridgehead atoms. The maximum absolute atomic E-state index is 6.17. The maximum Gasteiger partial charge on any atom is 0.175 e. The Morgan fingerprint density at radius 3 is 2.54 bits per heavy atom. The minimum Gasteiger partial charge on any atom is -0.493 e. The summed E-state index contributed by atoms with van der Waals surface area (Å²) in [4.78, 5) is 4.56. The SMILES string of the molecule is COc1cc(C=Nc2cccc(Cl)c2C)cc(Br)c1OCc1ccc(C)cc1. The van der Waals surface area contributed by atoms with E-state index in [0.717, 1.165) is 26.9 Å². The molecule has 0 unspecified atom stereocenters. The van der Waals surface area contributed by atoms with Gasteiger partial charge in [-0.05, 0) is 70.7 Å². The van der Waals surface area contributed by atoms with Crippen LogP contribution in [0.2, 0.25) is 5.02 Å². The van der Waals surface area contributed by atoms with Gasteiger partial charge in [-0.15, -0.1) is 0 Å². The van der Waals surface area contributed by atoms with Crippen molar-refractivity contribution in [3.63, 3.8) is 0 Å². The second-order valence-electron chi connectivity index (χ2n) is 6.45. The summed E-state index contributed by atoms with van der Waals surface area (Å²) < 4.78 is 12.3. The lowest BCUT2D eigenvalue weighted by molar-refractivity contribution is 0.282. The largest absolute Gasteiger partial charge is 0.493 e. The fourth-order valence-corrected chi connectivity index (χ4v) is 3.42. The molecule has 3 aromatic rings. The molecule has 3 nitrogen and oxygen atoms in total. The van der Waals surface area contributed by atoms with Crippen LogP contribution in [0, 0.1) is 13.8 Å². The van der Waals surface area contributed by atoms with E-state index >= 15 is 0 Å². The lowest BCUT2D eigenvalue weighted by Crippen LogP contribution is -1.99. The number of benzene rings is 3. The average molecular weight is 459 g/mol. The highest BCUT2D eigenvalue weighted by Crippen LogP contribution is 2.37. The van der Waals surface area contributed by atoms with Crippen LogP contribution < -0.4 is 9.47 Å². The molecule has 3 rings (SSSR count). The smallest absolute Gasteiger partial charge is 0.175 e. The Hall–Kier alpha value is -2.30. The first kappa shape index (κ1) is 20.4. The first-order chi connectivity index (χ1) is 13.5. The zero-order chi connectivity index (χ0) is 20.1. The fraction of sp³-hybridized carbons (Fsp3) is 0.174. The minimum absolute atomic E-state index is 0.463. The molecule has 0 saturated heterocycles. The van der Waals surface area contributed by atoms with Crippen molar-refractivity contribution in [2.45, 2.75) is 20.5 Å². The summed E-state index contributed by atoms with van der Waals surface area (Å²) in [5, 5.41) is 0.702. The molecule has 0 atom stereocenters. The van der Waals surface area contributed by atoms with Crippen LogP contribution in [0.1, 0.15) is 22.3 Å². The first-order valence-corrected chi connectivity index (χ1v) is 10.00. The summed E-state index contributed by atoms with van der Waals surface area (Å²) in [5.74, 6) is 1.31. The van der Waals surface area contributed by atoms with Gasteiger partial charge in [0.2, 0.25) is 0 Å². The Kier molecular flexibility index (Phi) is 6.76. The zero-order valence-electron chi connectivity index (χ0n) is 16.0. The minimum atomic E-state index is 0.463. The van der Waals surface area contributed by atoms with Crippen molar-refractivity contribution in [2.24, 2.45) is 4.99 Å². The van der Waals surface area contributed by atoms with Crippen LogP contribution in [0.15, 0.2) is 64.1 Å². The molecule has 0 radical (unpaired) electrons. The monoisotopic (exact) mass is 457 g/mol. The molecule has 0 spiro atoms. The molecule has 144 valence electrons. The molecule has 0 amide bonds. The number of methoxy groups -OCH3 is 1. The van der Waals surface area contributed by atoms with E-state index in [1.54, 1.807) is 13.3 Å². The second-order valence-corrected chi connectivity index (χ2v) is 7.71. The standard InChI is InChI=1S/C23H21BrClNO2/c1-15-7-9-17(10-8-15)14-28-23-19(24)11-18(12-22(23)27-3)13-26-21-6-4-5-20(25)16(21)2/h4-13H,14H2,1-3H3. The summed E-state index contributed by atoms with van der Waals surface area (Å²) in [6.07, 6.45) is 1.79. The van der Waals surface area contributed by atoms with E-state index in [9.17, 15) is 0 Å². The van der Waals surface area contributed by atoms with Crippen LogP contribution in [-0.4, -0.2) is 13.3 Å². The summed E-state index contributed by atoms with van der Waals surface area (Å²) in [6.45, 7) is 4.48. The number of aryl methyl sites for hydroxylation is 1. The molecule has 28 heavy (non-hydrogen) atoms. The van der Waals surface area contributed by atoms with Gasteiger partial charge in [-0.25, -0.2) is 0 Å². The highest BCUT2D eigenvalue weighted by molar-refractivity contribution is 9.10. The number of rotatable bonds is 6. The van der Waals surface area contributed by atoms with Crippen LogP contribution in [0.3, 0.4) is 0 Å². The number of halogens is 2. The normalized spacial score (nSPS) is 11.0. The van der Waals surface area contributed by atoms with Gasteiger partial charge < -0.3 is 9.47 Å². The molecule has 0 heterocycles. The van der Waals surface area contributed by atoms with Gasteiger partial charge in [0.05, 0.1) is 17.3 Å². The Morgan fingerprint density at radius 1 is 1.07 bits per heavy atom. The molecule has 5 heteroatoms. The number of hydrogen-bond acceptors (Lipinski definition) is 3. The third-order valence-corrected chi connectivity index (χ3v) is 5.35. The summed E-state index contributed by atoms with van der Waals surface area (Å²) in [7, 11) is 1.63. The summed E-state index contributed by atoms with van der Waals surface area (Å²) >= 11 is 9.75. The number of nitrogens with zero attached hydrogens (tertiary/aromatic N) is 1. The van der Waals surface area contributed by atoms with E-state index in [-0.39, 0.29) is 0 Å². The van der Waals surface area contributed by atoms with Crippen molar-refractivity contribution in [3.05, 3.63) is 86.3 Å². The van der Waals surface area contributed by atoms with Crippen molar-refractivity contribution >= 4 is 39.4 Å². The Balaban J connectivity index is 1.81. The molecule has 0 aliphatic heterocycles. The van der Waals surface area contributed by atoms with E-state index in [1.165, 1.54) is 5.56 Å². The highest BCUT2D eigenvalue weighted by atomic mass is 79.9. The van der Waals surface area contributed by atoms with Gasteiger partial charge in [-0.3, -0.25) is 4.99 Å². The molecule has 0 saturated carbocycles. The van der Waals surface area contributed by atoms with Crippen molar-refractivity contribution in [3.8, 4) is 11.5 Å². The van der Waals surface area contributed by atoms with Gasteiger partial charge >= 0.3 is 0 Å². The van der Waals surface area contributed by atoms with E-state index in [4.69, 9.17) is 21.1 Å². The van der Waals surface area contributed by atoms with Crippen LogP contribution >= 0.6 is 27.5 Å². The quantitative estimate of drug-likeness (QED) is 0.370.